The summed E-state index contributed by atoms with van der Waals surface area (Å²) in [6.45, 7) is 99.8. The normalized spacial score (nSPS) is 10.1. The van der Waals surface area contributed by atoms with Crippen molar-refractivity contribution < 1.29 is 157 Å². The van der Waals surface area contributed by atoms with Crippen molar-refractivity contribution in [2.45, 2.75) is 411 Å². The van der Waals surface area contributed by atoms with Gasteiger partial charge in [-0.1, -0.05) is 195 Å². The van der Waals surface area contributed by atoms with Crippen LogP contribution in [0.3, 0.4) is 0 Å². The first-order valence-corrected chi connectivity index (χ1v) is 49.7. The average Bonchev–Trinajstić information content (AvgIpc) is 1.09. The topological polar surface area (TPSA) is 296 Å². The van der Waals surface area contributed by atoms with Gasteiger partial charge in [-0.3, -0.25) is 0 Å². The molecule has 0 radical (unpaired) electrons. The summed E-state index contributed by atoms with van der Waals surface area (Å²) in [5, 5.41) is 53.9. The van der Waals surface area contributed by atoms with Crippen LogP contribution in [0.4, 0.5) is 0 Å². The van der Waals surface area contributed by atoms with Crippen LogP contribution in [0.1, 0.15) is 349 Å². The zero-order valence-electron chi connectivity index (χ0n) is 90.6. The van der Waals surface area contributed by atoms with Gasteiger partial charge in [-0.15, -0.1) is 63.4 Å². The maximum atomic E-state index is 4.03. The zero-order chi connectivity index (χ0) is 101. The van der Waals surface area contributed by atoms with Crippen molar-refractivity contribution in [3.8, 4) is 0 Å². The van der Waals surface area contributed by atoms with E-state index < -0.39 is 0 Å². The molecule has 0 heterocycles. The van der Waals surface area contributed by atoms with E-state index in [1.807, 2.05) is 91.2 Å². The van der Waals surface area contributed by atoms with E-state index in [9.17, 15) is 0 Å². The fourth-order valence-corrected chi connectivity index (χ4v) is 2.22. The first-order valence-electron chi connectivity index (χ1n) is 42.5. The average molecular weight is 2360 g/mol. The van der Waals surface area contributed by atoms with Crippen molar-refractivity contribution in [1.82, 2.24) is 0 Å². The van der Waals surface area contributed by atoms with Gasteiger partial charge in [0.15, 0.2) is 0 Å². The van der Waals surface area contributed by atoms with Crippen LogP contribution in [0.15, 0.2) is 28.0 Å². The van der Waals surface area contributed by atoms with Gasteiger partial charge in [-0.2, -0.15) is 125 Å². The molecule has 0 saturated carbocycles. The van der Waals surface area contributed by atoms with Gasteiger partial charge in [-0.25, -0.2) is 0 Å². The summed E-state index contributed by atoms with van der Waals surface area (Å²) in [6, 6.07) is 1.07. The first-order chi connectivity index (χ1) is 53.9. The van der Waals surface area contributed by atoms with Gasteiger partial charge in [0.05, 0.1) is 0 Å². The summed E-state index contributed by atoms with van der Waals surface area (Å²) in [4.78, 5) is 0. The summed E-state index contributed by atoms with van der Waals surface area (Å²) in [7, 11) is 27.3. The summed E-state index contributed by atoms with van der Waals surface area (Å²) in [6.07, 6.45) is 9.71. The van der Waals surface area contributed by atoms with E-state index in [1.165, 1.54) is 44.9 Å². The molecule has 0 aliphatic carbocycles. The molecule has 22 nitrogen and oxygen atoms in total. The first kappa shape index (κ1) is 179. The van der Waals surface area contributed by atoms with Crippen molar-refractivity contribution in [1.29, 1.82) is 0 Å². The van der Waals surface area contributed by atoms with Gasteiger partial charge in [0, 0.05) is 0 Å². The van der Waals surface area contributed by atoms with Gasteiger partial charge >= 0.3 is 395 Å². The predicted molar refractivity (Wildman–Crippen MR) is 524 cm³/mol. The Morgan fingerprint density at radius 2 is 0.370 bits per heavy atom. The van der Waals surface area contributed by atoms with Crippen LogP contribution < -0.4 is 0 Å². The number of nitrogens with zero attached hydrogens (tertiary/aromatic N) is 22. The molecule has 0 fully saturated rings. The second kappa shape index (κ2) is 147. The Hall–Kier alpha value is 3.35. The van der Waals surface area contributed by atoms with E-state index in [0.717, 1.165) is 83.7 Å². The van der Waals surface area contributed by atoms with Crippen molar-refractivity contribution in [2.24, 2.45) is 39.8 Å². The summed E-state index contributed by atoms with van der Waals surface area (Å²) >= 11 is 14.2. The second-order valence-corrected chi connectivity index (χ2v) is 39.0. The minimum atomic E-state index is 0.167. The second-order valence-electron chi connectivity index (χ2n) is 35.4. The van der Waals surface area contributed by atoms with E-state index in [4.69, 9.17) is 0 Å². The van der Waals surface area contributed by atoms with E-state index in [1.54, 1.807) is 192 Å². The van der Waals surface area contributed by atoms with Crippen molar-refractivity contribution in [3.63, 3.8) is 0 Å². The Labute approximate surface area is 844 Å². The SMILES string of the molecule is CC(C)(C)[N]=[Mo].CC(C)(C)[N]=[Mo].CC(C)(C)[N]=[Mo].CC(C)(C)[N]=[Mo].CC(C)(C)[N]=[Mo].CC(C)(C)[N]=[Mo].CC(C)(C)[N]=[Mo].CC(C)(C)[N]=[Mo].CCC(C)[N-]C.CCCC[N-]C.CCCC[N-]C.CCC[N-]C.CCC[N-]C.CCC[N-]C.CC[N-]C.CC[N-]C.CC[N-]C.C[N-]C.C[N-]C(C)(C)C.C[N-]C(C)C.C[N-]CC(C)C.C[N-]CC(C)C. The standard InChI is InChI=1S/6C5H12N.C4H10N.8C4H9N.3C4H10N.3C3H8N.C2H6N.8Mo/c2*1-5(2)4-6-3;1-5(2,3)6-4;1-4-5(2)6-3;2*1-3-4-5-6-2;1-4(2)5-3;8*1-4(2,3)5;3*1-3-4-5-2;3*1-3-4-2;1-3-2;;;;;;;;/h2*5H,4H2,1-3H3;1-4H3;5H,4H2,1-3H3;2*3-5H2,1-2H3;4H,1-3H3;8*1-3H3;3*3-4H2,1-2H3;3*3H2,1-2H3;1-2H3;;;;;;;;/q7*-1;;;;;;;;;7*-1;;;;;;;;. The Balaban J connectivity index is -0.0000000415. The molecular formula is C89H214Mo8N22-14. The van der Waals surface area contributed by atoms with Crippen molar-refractivity contribution in [2.75, 3.05) is 171 Å². The molecule has 0 aromatic rings. The molecular weight excluding hydrogens is 2140 g/mol. The van der Waals surface area contributed by atoms with E-state index in [-0.39, 0.29) is 49.9 Å². The molecule has 742 valence electrons. The van der Waals surface area contributed by atoms with Crippen LogP contribution in [0, 0.1) is 11.8 Å². The Kier molecular flexibility index (Phi) is 221. The van der Waals surface area contributed by atoms with Crippen LogP contribution in [-0.2, 0) is 157 Å². The summed E-state index contributed by atoms with van der Waals surface area (Å²) in [5.74, 6) is 1.46. The number of rotatable bonds is 22. The van der Waals surface area contributed by atoms with Crippen LogP contribution in [0.2, 0.25) is 0 Å². The smallest absolute Gasteiger partial charge is 0.0578 e. The third kappa shape index (κ3) is 526. The Morgan fingerprint density at radius 1 is 0.235 bits per heavy atom. The number of hydrogen-bond donors (Lipinski definition) is 0. The zero-order valence-corrected chi connectivity index (χ0v) is 107. The molecule has 0 rings (SSSR count). The van der Waals surface area contributed by atoms with Gasteiger partial charge in [0.2, 0.25) is 0 Å². The Morgan fingerprint density at radius 3 is 0.378 bits per heavy atom. The van der Waals surface area contributed by atoms with Gasteiger partial charge in [-0.05, 0) is 0 Å². The molecule has 1 unspecified atom stereocenters. The van der Waals surface area contributed by atoms with Gasteiger partial charge < -0.3 is 74.4 Å². The molecule has 0 amide bonds. The van der Waals surface area contributed by atoms with Crippen LogP contribution >= 0.6 is 0 Å². The minimum absolute atomic E-state index is 0.167. The van der Waals surface area contributed by atoms with Gasteiger partial charge in [0.25, 0.3) is 0 Å². The third-order valence-electron chi connectivity index (χ3n) is 9.27. The molecule has 0 aliphatic heterocycles. The van der Waals surface area contributed by atoms with Gasteiger partial charge in [0.1, 0.15) is 0 Å². The molecule has 0 aromatic heterocycles. The van der Waals surface area contributed by atoms with Crippen molar-refractivity contribution >= 4 is 0 Å². The maximum Gasteiger partial charge on any atom is -0.0578 e. The molecule has 1 atom stereocenters. The maximum absolute atomic E-state index is 4.03. The molecule has 0 bridgehead atoms. The molecule has 0 spiro atoms. The minimum Gasteiger partial charge on any atom is -0.668 e. The molecule has 0 saturated heterocycles. The van der Waals surface area contributed by atoms with Crippen LogP contribution in [0.25, 0.3) is 74.4 Å². The van der Waals surface area contributed by atoms with E-state index in [0.29, 0.717) is 12.1 Å². The molecule has 0 aromatic carbocycles. The molecule has 119 heavy (non-hydrogen) atoms. The predicted octanol–water partition coefficient (Wildman–Crippen LogP) is 31.8. The fourth-order valence-electron chi connectivity index (χ4n) is 2.22. The number of unbranched alkanes of at least 4 members (excludes halogenated alkanes) is 2. The molecule has 0 aliphatic rings. The van der Waals surface area contributed by atoms with Crippen LogP contribution in [0.5, 0.6) is 0 Å². The summed E-state index contributed by atoms with van der Waals surface area (Å²) in [5.41, 5.74) is 1.54. The van der Waals surface area contributed by atoms with Crippen LogP contribution in [-0.4, -0.2) is 233 Å². The monoisotopic (exact) mass is 2370 g/mol. The quantitative estimate of drug-likeness (QED) is 0.0721. The largest absolute Gasteiger partial charge is 0.668 e. The van der Waals surface area contributed by atoms with E-state index in [2.05, 4.69) is 379 Å². The van der Waals surface area contributed by atoms with Crippen molar-refractivity contribution in [3.05, 3.63) is 74.4 Å². The number of hydrogen-bond acceptors (Lipinski definition) is 8. The summed E-state index contributed by atoms with van der Waals surface area (Å²) < 4.78 is 32.2. The molecule has 0 N–H and O–H groups in total. The third-order valence-corrected chi connectivity index (χ3v) is 20.0. The van der Waals surface area contributed by atoms with E-state index >= 15 is 0 Å². The fraction of sp³-hybridized carbons (Fsp3) is 1.00. The molecule has 30 heteroatoms. The Bertz CT molecular complexity index is 1420.